The van der Waals surface area contributed by atoms with Crippen LogP contribution in [0.4, 0.5) is 10.3 Å². The summed E-state index contributed by atoms with van der Waals surface area (Å²) in [5.74, 6) is 1.32. The minimum atomic E-state index is -0.237. The van der Waals surface area contributed by atoms with E-state index in [0.29, 0.717) is 12.1 Å². The molecule has 1 aliphatic heterocycles. The van der Waals surface area contributed by atoms with E-state index in [4.69, 9.17) is 0 Å². The summed E-state index contributed by atoms with van der Waals surface area (Å²) < 4.78 is 14.8. The Morgan fingerprint density at radius 3 is 2.59 bits per heavy atom. The number of aliphatic imine (C=N–C) groups is 1. The highest BCUT2D eigenvalue weighted by Gasteiger charge is 2.21. The third-order valence-electron chi connectivity index (χ3n) is 4.16. The fourth-order valence-electron chi connectivity index (χ4n) is 2.82. The Balaban J connectivity index is 0.00000261. The molecule has 0 radical (unpaired) electrons. The van der Waals surface area contributed by atoms with Crippen molar-refractivity contribution in [3.63, 3.8) is 0 Å². The molecule has 1 aliphatic rings. The summed E-state index contributed by atoms with van der Waals surface area (Å²) in [6, 6.07) is 6.74. The number of anilines is 1. The van der Waals surface area contributed by atoms with Gasteiger partial charge in [0, 0.05) is 55.2 Å². The van der Waals surface area contributed by atoms with E-state index in [1.165, 1.54) is 6.07 Å². The summed E-state index contributed by atoms with van der Waals surface area (Å²) >= 11 is 3.38. The first-order valence-electron chi connectivity index (χ1n) is 8.66. The van der Waals surface area contributed by atoms with E-state index in [2.05, 4.69) is 46.0 Å². The van der Waals surface area contributed by atoms with E-state index in [1.54, 1.807) is 24.5 Å². The first-order valence-corrected chi connectivity index (χ1v) is 9.46. The van der Waals surface area contributed by atoms with Gasteiger partial charge in [-0.05, 0) is 31.2 Å². The summed E-state index contributed by atoms with van der Waals surface area (Å²) in [5.41, 5.74) is 0.575. The number of hydrogen-bond donors (Lipinski definition) is 1. The minimum absolute atomic E-state index is 0. The number of aromatic nitrogens is 2. The van der Waals surface area contributed by atoms with Crippen LogP contribution in [0.3, 0.4) is 0 Å². The lowest BCUT2D eigenvalue weighted by Crippen LogP contribution is -2.53. The molecule has 0 amide bonds. The van der Waals surface area contributed by atoms with Crippen molar-refractivity contribution in [2.75, 3.05) is 37.6 Å². The summed E-state index contributed by atoms with van der Waals surface area (Å²) in [6.07, 6.45) is 3.51. The second-order valence-electron chi connectivity index (χ2n) is 5.93. The maximum absolute atomic E-state index is 13.9. The van der Waals surface area contributed by atoms with Crippen molar-refractivity contribution in [1.82, 2.24) is 20.2 Å². The highest BCUT2D eigenvalue weighted by molar-refractivity contribution is 14.0. The van der Waals surface area contributed by atoms with Crippen molar-refractivity contribution in [3.05, 3.63) is 52.5 Å². The van der Waals surface area contributed by atoms with Crippen LogP contribution in [0.15, 0.2) is 46.1 Å². The topological polar surface area (TPSA) is 56.7 Å². The quantitative estimate of drug-likeness (QED) is 0.361. The molecule has 146 valence electrons. The maximum atomic E-state index is 13.9. The Labute approximate surface area is 184 Å². The molecule has 0 unspecified atom stereocenters. The Morgan fingerprint density at radius 2 is 1.93 bits per heavy atom. The van der Waals surface area contributed by atoms with Gasteiger partial charge in [-0.15, -0.1) is 24.0 Å². The van der Waals surface area contributed by atoms with Gasteiger partial charge < -0.3 is 15.1 Å². The van der Waals surface area contributed by atoms with Crippen molar-refractivity contribution in [2.24, 2.45) is 4.99 Å². The lowest BCUT2D eigenvalue weighted by atomic mass is 10.2. The molecule has 2 aromatic rings. The molecule has 0 aliphatic carbocycles. The average Bonchev–Trinajstić information content (AvgIpc) is 2.68. The van der Waals surface area contributed by atoms with Crippen LogP contribution < -0.4 is 10.2 Å². The van der Waals surface area contributed by atoms with Crippen LogP contribution >= 0.6 is 39.9 Å². The van der Waals surface area contributed by atoms with Gasteiger partial charge in [-0.2, -0.15) is 0 Å². The van der Waals surface area contributed by atoms with Crippen LogP contribution in [0.1, 0.15) is 12.5 Å². The van der Waals surface area contributed by atoms with Crippen molar-refractivity contribution in [3.8, 4) is 0 Å². The Morgan fingerprint density at radius 1 is 1.22 bits per heavy atom. The van der Waals surface area contributed by atoms with E-state index in [0.717, 1.165) is 49.1 Å². The molecule has 0 saturated carbocycles. The molecule has 1 aromatic carbocycles. The fraction of sp³-hybridized carbons (Fsp3) is 0.389. The number of rotatable bonds is 4. The second kappa shape index (κ2) is 10.7. The van der Waals surface area contributed by atoms with E-state index in [9.17, 15) is 4.39 Å². The lowest BCUT2D eigenvalue weighted by molar-refractivity contribution is 0.370. The van der Waals surface area contributed by atoms with Gasteiger partial charge in [-0.1, -0.05) is 15.9 Å². The van der Waals surface area contributed by atoms with Gasteiger partial charge >= 0.3 is 0 Å². The molecule has 6 nitrogen and oxygen atoms in total. The van der Waals surface area contributed by atoms with E-state index in [1.807, 2.05) is 13.0 Å². The SMILES string of the molecule is CCNC(=NCc1cc(Br)ccc1F)N1CCN(c2ncccn2)CC1.I. The molecule has 1 saturated heterocycles. The molecule has 0 atom stereocenters. The van der Waals surface area contributed by atoms with E-state index >= 15 is 0 Å². The zero-order chi connectivity index (χ0) is 18.4. The molecule has 27 heavy (non-hydrogen) atoms. The van der Waals surface area contributed by atoms with Crippen molar-refractivity contribution < 1.29 is 4.39 Å². The predicted octanol–water partition coefficient (Wildman–Crippen LogP) is 3.28. The highest BCUT2D eigenvalue weighted by atomic mass is 127. The Hall–Kier alpha value is -1.49. The van der Waals surface area contributed by atoms with E-state index in [-0.39, 0.29) is 29.8 Å². The Kier molecular flexibility index (Phi) is 8.68. The molecular weight excluding hydrogens is 526 g/mol. The van der Waals surface area contributed by atoms with Gasteiger partial charge in [0.1, 0.15) is 5.82 Å². The van der Waals surface area contributed by atoms with Crippen LogP contribution in [0, 0.1) is 5.82 Å². The highest BCUT2D eigenvalue weighted by Crippen LogP contribution is 2.17. The van der Waals surface area contributed by atoms with Crippen molar-refractivity contribution in [1.29, 1.82) is 0 Å². The number of piperazine rings is 1. The number of nitrogens with zero attached hydrogens (tertiary/aromatic N) is 5. The standard InChI is InChI=1S/C18H22BrFN6.HI/c1-2-21-17(24-13-14-12-15(19)4-5-16(14)20)25-8-10-26(11-9-25)18-22-6-3-7-23-18;/h3-7,12H,2,8-11,13H2,1H3,(H,21,24);1H. The van der Waals surface area contributed by atoms with Gasteiger partial charge in [0.15, 0.2) is 5.96 Å². The largest absolute Gasteiger partial charge is 0.357 e. The molecule has 2 heterocycles. The molecule has 1 N–H and O–H groups in total. The van der Waals surface area contributed by atoms with Gasteiger partial charge in [0.25, 0.3) is 0 Å². The molecule has 1 aromatic heterocycles. The van der Waals surface area contributed by atoms with Crippen molar-refractivity contribution in [2.45, 2.75) is 13.5 Å². The summed E-state index contributed by atoms with van der Waals surface area (Å²) in [5, 5.41) is 3.30. The monoisotopic (exact) mass is 548 g/mol. The fourth-order valence-corrected chi connectivity index (χ4v) is 3.23. The van der Waals surface area contributed by atoms with Crippen molar-refractivity contribution >= 4 is 51.8 Å². The third kappa shape index (κ3) is 6.00. The summed E-state index contributed by atoms with van der Waals surface area (Å²) in [4.78, 5) is 17.6. The van der Waals surface area contributed by atoms with Crippen LogP contribution in [-0.4, -0.2) is 53.6 Å². The predicted molar refractivity (Wildman–Crippen MR) is 120 cm³/mol. The molecule has 9 heteroatoms. The molecule has 3 rings (SSSR count). The summed E-state index contributed by atoms with van der Waals surface area (Å²) in [6.45, 7) is 6.36. The average molecular weight is 549 g/mol. The first kappa shape index (κ1) is 21.8. The molecule has 0 spiro atoms. The first-order chi connectivity index (χ1) is 12.7. The minimum Gasteiger partial charge on any atom is -0.357 e. The van der Waals surface area contributed by atoms with Crippen LogP contribution in [0.25, 0.3) is 0 Å². The smallest absolute Gasteiger partial charge is 0.225 e. The number of nitrogens with one attached hydrogen (secondary N) is 1. The molecule has 0 bridgehead atoms. The number of hydrogen-bond acceptors (Lipinski definition) is 4. The Bertz CT molecular complexity index is 753. The van der Waals surface area contributed by atoms with Gasteiger partial charge in [-0.25, -0.2) is 19.4 Å². The van der Waals surface area contributed by atoms with Gasteiger partial charge in [-0.3, -0.25) is 0 Å². The summed E-state index contributed by atoms with van der Waals surface area (Å²) in [7, 11) is 0. The number of guanidine groups is 1. The zero-order valence-corrected chi connectivity index (χ0v) is 19.0. The zero-order valence-electron chi connectivity index (χ0n) is 15.1. The maximum Gasteiger partial charge on any atom is 0.225 e. The lowest BCUT2D eigenvalue weighted by Gasteiger charge is -2.36. The normalized spacial score (nSPS) is 14.7. The van der Waals surface area contributed by atoms with Gasteiger partial charge in [0.05, 0.1) is 6.54 Å². The van der Waals surface area contributed by atoms with Crippen LogP contribution in [-0.2, 0) is 6.54 Å². The number of benzene rings is 1. The number of halogens is 3. The van der Waals surface area contributed by atoms with E-state index < -0.39 is 0 Å². The van der Waals surface area contributed by atoms with Crippen LogP contribution in [0.2, 0.25) is 0 Å². The van der Waals surface area contributed by atoms with Crippen LogP contribution in [0.5, 0.6) is 0 Å². The molecular formula is C18H23BrFIN6. The third-order valence-corrected chi connectivity index (χ3v) is 4.65. The van der Waals surface area contributed by atoms with Gasteiger partial charge in [0.2, 0.25) is 5.95 Å². The second-order valence-corrected chi connectivity index (χ2v) is 6.84. The molecule has 1 fully saturated rings.